The van der Waals surface area contributed by atoms with Crippen LogP contribution in [-0.4, -0.2) is 12.1 Å². The van der Waals surface area contributed by atoms with E-state index in [2.05, 4.69) is 5.32 Å². The van der Waals surface area contributed by atoms with E-state index in [1.807, 2.05) is 0 Å². The van der Waals surface area contributed by atoms with Gasteiger partial charge in [-0.25, -0.2) is 4.39 Å². The molecule has 0 bridgehead atoms. The average Bonchev–Trinajstić information content (AvgIpc) is 2.10. The second-order valence-corrected chi connectivity index (χ2v) is 4.08. The highest BCUT2D eigenvalue weighted by Crippen LogP contribution is 2.27. The number of benzene rings is 1. The molecule has 3 N–H and O–H groups in total. The SMILES string of the molecule is NC1CC(Nc2cccc(Cl)c2F)C1. The molecule has 0 atom stereocenters. The monoisotopic (exact) mass is 214 g/mol. The van der Waals surface area contributed by atoms with Crippen molar-refractivity contribution in [2.75, 3.05) is 5.32 Å². The molecular formula is C10H12ClFN2. The standard InChI is InChI=1S/C10H12ClFN2/c11-8-2-1-3-9(10(8)12)14-7-4-6(13)5-7/h1-3,6-7,14H,4-5,13H2. The van der Waals surface area contributed by atoms with Gasteiger partial charge in [-0.2, -0.15) is 0 Å². The Hall–Kier alpha value is -0.800. The predicted octanol–water partition coefficient (Wildman–Crippen LogP) is 2.38. The maximum absolute atomic E-state index is 13.4. The first-order valence-electron chi connectivity index (χ1n) is 4.63. The number of rotatable bonds is 2. The Morgan fingerprint density at radius 3 is 2.79 bits per heavy atom. The molecule has 2 nitrogen and oxygen atoms in total. The van der Waals surface area contributed by atoms with E-state index in [1.165, 1.54) is 6.07 Å². The summed E-state index contributed by atoms with van der Waals surface area (Å²) in [5, 5.41) is 3.23. The van der Waals surface area contributed by atoms with E-state index < -0.39 is 0 Å². The highest BCUT2D eigenvalue weighted by Gasteiger charge is 2.26. The Balaban J connectivity index is 2.06. The van der Waals surface area contributed by atoms with Gasteiger partial charge in [-0.1, -0.05) is 17.7 Å². The zero-order valence-electron chi connectivity index (χ0n) is 7.63. The van der Waals surface area contributed by atoms with Crippen molar-refractivity contribution in [3.8, 4) is 0 Å². The molecule has 0 aliphatic heterocycles. The first-order valence-corrected chi connectivity index (χ1v) is 5.00. The van der Waals surface area contributed by atoms with Gasteiger partial charge in [0.05, 0.1) is 10.7 Å². The third-order valence-corrected chi connectivity index (χ3v) is 2.78. The molecule has 76 valence electrons. The Morgan fingerprint density at radius 2 is 2.14 bits per heavy atom. The Bertz CT molecular complexity index is 337. The Morgan fingerprint density at radius 1 is 1.43 bits per heavy atom. The summed E-state index contributed by atoms with van der Waals surface area (Å²) in [5.41, 5.74) is 6.10. The minimum atomic E-state index is -0.380. The quantitative estimate of drug-likeness (QED) is 0.794. The number of hydrogen-bond acceptors (Lipinski definition) is 2. The molecule has 2 rings (SSSR count). The molecule has 0 unspecified atom stereocenters. The van der Waals surface area contributed by atoms with Gasteiger partial charge >= 0.3 is 0 Å². The molecule has 14 heavy (non-hydrogen) atoms. The van der Waals surface area contributed by atoms with E-state index >= 15 is 0 Å². The van der Waals surface area contributed by atoms with Crippen molar-refractivity contribution >= 4 is 17.3 Å². The highest BCUT2D eigenvalue weighted by molar-refractivity contribution is 6.31. The first-order chi connectivity index (χ1) is 6.66. The second kappa shape index (κ2) is 3.75. The van der Waals surface area contributed by atoms with Crippen molar-refractivity contribution in [3.63, 3.8) is 0 Å². The van der Waals surface area contributed by atoms with Gasteiger partial charge in [0.15, 0.2) is 5.82 Å². The van der Waals surface area contributed by atoms with Crippen molar-refractivity contribution in [2.24, 2.45) is 5.73 Å². The predicted molar refractivity (Wildman–Crippen MR) is 56.0 cm³/mol. The molecule has 0 saturated heterocycles. The molecule has 1 aliphatic carbocycles. The van der Waals surface area contributed by atoms with Crippen LogP contribution in [0.15, 0.2) is 18.2 Å². The normalized spacial score (nSPS) is 25.6. The number of halogens is 2. The summed E-state index contributed by atoms with van der Waals surface area (Å²) in [5.74, 6) is -0.380. The van der Waals surface area contributed by atoms with E-state index in [0.717, 1.165) is 12.8 Å². The molecule has 0 radical (unpaired) electrons. The van der Waals surface area contributed by atoms with Crippen LogP contribution in [0.25, 0.3) is 0 Å². The summed E-state index contributed by atoms with van der Waals surface area (Å²) in [6.45, 7) is 0. The molecule has 0 aromatic heterocycles. The lowest BCUT2D eigenvalue weighted by Gasteiger charge is -2.33. The molecule has 1 aliphatic rings. The summed E-state index contributed by atoms with van der Waals surface area (Å²) in [7, 11) is 0. The van der Waals surface area contributed by atoms with Crippen LogP contribution >= 0.6 is 11.6 Å². The summed E-state index contributed by atoms with van der Waals surface area (Å²) in [6, 6.07) is 5.50. The van der Waals surface area contributed by atoms with E-state index in [1.54, 1.807) is 12.1 Å². The lowest BCUT2D eigenvalue weighted by atomic mass is 9.87. The fraction of sp³-hybridized carbons (Fsp3) is 0.400. The van der Waals surface area contributed by atoms with E-state index in [0.29, 0.717) is 5.69 Å². The van der Waals surface area contributed by atoms with Gasteiger partial charge in [0, 0.05) is 12.1 Å². The smallest absolute Gasteiger partial charge is 0.164 e. The molecule has 0 heterocycles. The molecule has 0 amide bonds. The summed E-state index contributed by atoms with van der Waals surface area (Å²) < 4.78 is 13.4. The van der Waals surface area contributed by atoms with Gasteiger partial charge in [-0.3, -0.25) is 0 Å². The van der Waals surface area contributed by atoms with Gasteiger partial charge in [0.25, 0.3) is 0 Å². The maximum Gasteiger partial charge on any atom is 0.164 e. The number of anilines is 1. The van der Waals surface area contributed by atoms with Crippen LogP contribution in [0.2, 0.25) is 5.02 Å². The summed E-state index contributed by atoms with van der Waals surface area (Å²) in [4.78, 5) is 0. The van der Waals surface area contributed by atoms with Gasteiger partial charge in [0.1, 0.15) is 0 Å². The number of nitrogens with two attached hydrogens (primary N) is 1. The van der Waals surface area contributed by atoms with Crippen LogP contribution in [0.4, 0.5) is 10.1 Å². The lowest BCUT2D eigenvalue weighted by Crippen LogP contribution is -2.44. The minimum Gasteiger partial charge on any atom is -0.380 e. The van der Waals surface area contributed by atoms with Crippen molar-refractivity contribution in [3.05, 3.63) is 29.0 Å². The van der Waals surface area contributed by atoms with Gasteiger partial charge in [0.2, 0.25) is 0 Å². The maximum atomic E-state index is 13.4. The summed E-state index contributed by atoms with van der Waals surface area (Å²) >= 11 is 5.65. The molecule has 0 spiro atoms. The molecule has 1 saturated carbocycles. The van der Waals surface area contributed by atoms with Crippen LogP contribution in [0.3, 0.4) is 0 Å². The summed E-state index contributed by atoms with van der Waals surface area (Å²) in [6.07, 6.45) is 1.79. The zero-order chi connectivity index (χ0) is 10.1. The van der Waals surface area contributed by atoms with E-state index in [9.17, 15) is 4.39 Å². The van der Waals surface area contributed by atoms with Crippen molar-refractivity contribution in [2.45, 2.75) is 24.9 Å². The average molecular weight is 215 g/mol. The van der Waals surface area contributed by atoms with Crippen LogP contribution in [0.1, 0.15) is 12.8 Å². The topological polar surface area (TPSA) is 38.0 Å². The third-order valence-electron chi connectivity index (χ3n) is 2.49. The largest absolute Gasteiger partial charge is 0.380 e. The van der Waals surface area contributed by atoms with Gasteiger partial charge in [-0.15, -0.1) is 0 Å². The van der Waals surface area contributed by atoms with Crippen LogP contribution < -0.4 is 11.1 Å². The molecular weight excluding hydrogens is 203 g/mol. The van der Waals surface area contributed by atoms with Crippen molar-refractivity contribution in [1.29, 1.82) is 0 Å². The number of hydrogen-bond donors (Lipinski definition) is 2. The van der Waals surface area contributed by atoms with E-state index in [4.69, 9.17) is 17.3 Å². The van der Waals surface area contributed by atoms with Gasteiger partial charge in [-0.05, 0) is 25.0 Å². The molecule has 1 fully saturated rings. The first kappa shape index (κ1) is 9.74. The second-order valence-electron chi connectivity index (χ2n) is 3.67. The van der Waals surface area contributed by atoms with Crippen LogP contribution in [-0.2, 0) is 0 Å². The fourth-order valence-electron chi connectivity index (χ4n) is 1.61. The third kappa shape index (κ3) is 1.83. The number of nitrogens with one attached hydrogen (secondary N) is 1. The fourth-order valence-corrected chi connectivity index (χ4v) is 1.79. The lowest BCUT2D eigenvalue weighted by molar-refractivity contribution is 0.372. The minimum absolute atomic E-state index is 0.152. The van der Waals surface area contributed by atoms with Gasteiger partial charge < -0.3 is 11.1 Å². The molecule has 1 aromatic carbocycles. The van der Waals surface area contributed by atoms with Crippen LogP contribution in [0.5, 0.6) is 0 Å². The molecule has 1 aromatic rings. The highest BCUT2D eigenvalue weighted by atomic mass is 35.5. The van der Waals surface area contributed by atoms with Crippen LogP contribution in [0, 0.1) is 5.82 Å². The van der Waals surface area contributed by atoms with Crippen molar-refractivity contribution in [1.82, 2.24) is 0 Å². The van der Waals surface area contributed by atoms with E-state index in [-0.39, 0.29) is 22.9 Å². The Kier molecular flexibility index (Phi) is 2.61. The molecule has 4 heteroatoms. The van der Waals surface area contributed by atoms with Crippen molar-refractivity contribution < 1.29 is 4.39 Å². The zero-order valence-corrected chi connectivity index (χ0v) is 8.39. The Labute approximate surface area is 87.2 Å².